The lowest BCUT2D eigenvalue weighted by atomic mass is 9.93. The van der Waals surface area contributed by atoms with Gasteiger partial charge in [-0.3, -0.25) is 0 Å². The zero-order valence-electron chi connectivity index (χ0n) is 71.2. The average Bonchev–Trinajstić information content (AvgIpc) is 0.810. The van der Waals surface area contributed by atoms with E-state index in [1.54, 1.807) is 0 Å². The Morgan fingerprint density at radius 1 is 0.296 bits per heavy atom. The second-order valence-electron chi connectivity index (χ2n) is 29.3. The number of aryl methyl sites for hydroxylation is 2. The van der Waals surface area contributed by atoms with Crippen LogP contribution < -0.4 is 14.2 Å². The summed E-state index contributed by atoms with van der Waals surface area (Å²) < 4.78 is 17.3. The molecule has 0 bridgehead atoms. The molecule has 125 heavy (non-hydrogen) atoms. The molecule has 0 aliphatic rings. The Morgan fingerprint density at radius 3 is 0.848 bits per heavy atom. The van der Waals surface area contributed by atoms with Gasteiger partial charge < -0.3 is 14.2 Å². The Balaban J connectivity index is 0.000000178. The summed E-state index contributed by atoms with van der Waals surface area (Å²) in [6.45, 7) is 53.7. The van der Waals surface area contributed by atoms with Crippen LogP contribution in [0.5, 0.6) is 17.2 Å². The zero-order valence-corrected chi connectivity index (χ0v) is 71.2. The minimum atomic E-state index is 0.0556. The van der Waals surface area contributed by atoms with Gasteiger partial charge in [-0.15, -0.1) is 0 Å². The molecule has 0 N–H and O–H groups in total. The van der Waals surface area contributed by atoms with Gasteiger partial charge in [-0.1, -0.05) is 335 Å². The van der Waals surface area contributed by atoms with Gasteiger partial charge >= 0.3 is 0 Å². The molecule has 13 rings (SSSR count). The van der Waals surface area contributed by atoms with Crippen molar-refractivity contribution in [2.75, 3.05) is 6.61 Å². The van der Waals surface area contributed by atoms with Gasteiger partial charge in [-0.25, -0.2) is 50.5 Å². The molecular weight excluding hydrogens is 1530 g/mol. The number of allylic oxidation sites excluding steroid dienone is 5. The number of rotatable bonds is 23. The molecular formula is C112H92N10O3. The average molecular weight is 1630 g/mol. The summed E-state index contributed by atoms with van der Waals surface area (Å²) in [5, 5.41) is 49.1. The molecule has 13 aromatic rings. The number of benzene rings is 13. The van der Waals surface area contributed by atoms with Crippen LogP contribution in [0.4, 0.5) is 0 Å². The Morgan fingerprint density at radius 2 is 0.552 bits per heavy atom. The van der Waals surface area contributed by atoms with Gasteiger partial charge in [0.1, 0.15) is 17.2 Å². The Labute approximate surface area is 736 Å². The van der Waals surface area contributed by atoms with E-state index < -0.39 is 0 Å². The summed E-state index contributed by atoms with van der Waals surface area (Å²) in [4.78, 5) is 17.1. The molecule has 0 heterocycles. The van der Waals surface area contributed by atoms with E-state index in [2.05, 4.69) is 68.4 Å². The second kappa shape index (κ2) is 48.2. The fourth-order valence-electron chi connectivity index (χ4n) is 13.6. The summed E-state index contributed by atoms with van der Waals surface area (Å²) in [5.41, 5.74) is 19.1. The monoisotopic (exact) mass is 1620 g/mol. The van der Waals surface area contributed by atoms with E-state index in [4.69, 9.17) is 47.1 Å². The highest BCUT2D eigenvalue weighted by atomic mass is 16.5. The SMILES string of the molecule is [C-]#[N+]/C(C#N)=C(\c1ccccc1)c1ccc(OCC(CC)CCCC)cc1.[C-]#[N+]/C(C#N)=C(\c1ccccc1)c1ccc2ccccc2c1.[C-]#[N+]C(C#N)=C(c1ccc(-c2ccccc2)cc1)c1ccc(-c2ccccc2)cc1.[C-]#[N+]C(C#N)=C(c1ccc(C)cc1)c1ccc(C)cc1.[C-]#[N+]C(C#N)=C(c1ccc(OC(C)C)cc1)c1ccc(OC(C)C)cc1. The van der Waals surface area contributed by atoms with E-state index in [0.717, 1.165) is 130 Å². The quantitative estimate of drug-likeness (QED) is 0.0450. The predicted octanol–water partition coefficient (Wildman–Crippen LogP) is 28.7. The van der Waals surface area contributed by atoms with Crippen molar-refractivity contribution in [3.63, 3.8) is 0 Å². The number of unbranched alkanes of at least 4 members (excludes halogenated alkanes) is 1. The number of hydrogen-bond donors (Lipinski definition) is 0. The van der Waals surface area contributed by atoms with E-state index in [1.165, 1.54) is 19.3 Å². The molecule has 13 nitrogen and oxygen atoms in total. The summed E-state index contributed by atoms with van der Waals surface area (Å²) in [7, 11) is 0. The normalized spacial score (nSPS) is 10.7. The van der Waals surface area contributed by atoms with Gasteiger partial charge in [0.05, 0.1) is 82.0 Å². The lowest BCUT2D eigenvalue weighted by Crippen LogP contribution is -2.11. The number of hydrogen-bond acceptors (Lipinski definition) is 8. The maximum absolute atomic E-state index is 9.56. The van der Waals surface area contributed by atoms with Crippen molar-refractivity contribution < 1.29 is 14.2 Å². The second-order valence-corrected chi connectivity index (χ2v) is 29.3. The first kappa shape index (κ1) is 92.0. The molecule has 0 saturated carbocycles. The van der Waals surface area contributed by atoms with Crippen molar-refractivity contribution in [3.05, 3.63) is 486 Å². The van der Waals surface area contributed by atoms with Crippen LogP contribution in [-0.4, -0.2) is 18.8 Å². The molecule has 0 spiro atoms. The fourth-order valence-corrected chi connectivity index (χ4v) is 13.6. The predicted molar refractivity (Wildman–Crippen MR) is 504 cm³/mol. The van der Waals surface area contributed by atoms with Crippen LogP contribution in [0.15, 0.2) is 362 Å². The minimum absolute atomic E-state index is 0.0556. The maximum Gasteiger partial charge on any atom is 0.270 e. The molecule has 1 unspecified atom stereocenters. The van der Waals surface area contributed by atoms with E-state index in [-0.39, 0.29) is 40.7 Å². The molecule has 1 atom stereocenters. The summed E-state index contributed by atoms with van der Waals surface area (Å²) in [5.74, 6) is 2.91. The summed E-state index contributed by atoms with van der Waals surface area (Å²) in [6, 6.07) is 118. The summed E-state index contributed by atoms with van der Waals surface area (Å²) in [6.07, 6.45) is 4.93. The smallest absolute Gasteiger partial charge is 0.270 e. The van der Waals surface area contributed by atoms with Crippen molar-refractivity contribution >= 4 is 38.6 Å². The molecule has 0 aromatic heterocycles. The van der Waals surface area contributed by atoms with Crippen LogP contribution in [0.2, 0.25) is 0 Å². The number of ether oxygens (including phenoxy) is 3. The molecule has 0 aliphatic carbocycles. The highest BCUT2D eigenvalue weighted by molar-refractivity contribution is 5.93. The van der Waals surface area contributed by atoms with Gasteiger partial charge in [0.2, 0.25) is 0 Å². The van der Waals surface area contributed by atoms with Crippen LogP contribution in [0, 0.1) is 109 Å². The van der Waals surface area contributed by atoms with E-state index in [9.17, 15) is 26.3 Å². The highest BCUT2D eigenvalue weighted by Crippen LogP contribution is 2.37. The van der Waals surface area contributed by atoms with Gasteiger partial charge in [0, 0.05) is 27.9 Å². The van der Waals surface area contributed by atoms with Crippen LogP contribution in [0.1, 0.15) is 134 Å². The van der Waals surface area contributed by atoms with Crippen molar-refractivity contribution in [3.8, 4) is 69.8 Å². The highest BCUT2D eigenvalue weighted by Gasteiger charge is 2.19. The zero-order chi connectivity index (χ0) is 89.2. The van der Waals surface area contributed by atoms with E-state index >= 15 is 0 Å². The van der Waals surface area contributed by atoms with Crippen LogP contribution in [0.25, 0.3) is 85.1 Å². The molecule has 13 heteroatoms. The largest absolute Gasteiger partial charge is 0.493 e. The number of fused-ring (bicyclic) bond motifs is 1. The first-order valence-electron chi connectivity index (χ1n) is 40.9. The van der Waals surface area contributed by atoms with Crippen LogP contribution in [0.3, 0.4) is 0 Å². The Bertz CT molecular complexity index is 6150. The first-order valence-corrected chi connectivity index (χ1v) is 40.9. The molecule has 13 aromatic carbocycles. The molecule has 0 radical (unpaired) electrons. The number of nitriles is 5. The van der Waals surface area contributed by atoms with Gasteiger partial charge in [-0.05, 0) is 185 Å². The van der Waals surface area contributed by atoms with Crippen molar-refractivity contribution in [1.29, 1.82) is 26.3 Å². The van der Waals surface area contributed by atoms with E-state index in [1.807, 2.05) is 375 Å². The number of nitrogens with zero attached hydrogens (tertiary/aromatic N) is 10. The van der Waals surface area contributed by atoms with Crippen molar-refractivity contribution in [1.82, 2.24) is 0 Å². The minimum Gasteiger partial charge on any atom is -0.493 e. The molecule has 608 valence electrons. The topological polar surface area (TPSA) is 168 Å². The standard InChI is InChI=1S/C28H18N2.C24H26N2O.C22H22N2O2.C20H12N2.C18H14N2/c1-30-27(20-29)28(25-16-12-23(13-17-25)21-8-4-2-5-9-21)26-18-14-24(15-19-26)22-10-6-3-7-11-22;1-4-6-10-19(5-2)18-27-22-15-13-21(14-16-22)24(23(17-25)26-3)20-11-8-7-9-12-20;1-15(2)25-19-10-6-17(7-11-19)22(21(14-23)24-5)18-8-12-20(13-9-18)26-16(3)4;1-22-19(14-21)20(16-8-3-2-4-9-16)18-12-11-15-7-5-6-10-17(15)13-18;1-13-4-8-15(9-5-13)18(17(12-19)20-3)16-10-6-14(2)7-11-16/h2-19H;7-9,11-16,19H,4-6,10,18H2,1-2H3;6-13,15-16H,1-4H3;2-13H;4-11H,1-2H3/b;24-23+;;20-19+;. The van der Waals surface area contributed by atoms with Gasteiger partial charge in [-0.2, -0.15) is 0 Å². The fraction of sp³-hybridized carbons (Fsp3) is 0.143. The molecule has 0 fully saturated rings. The summed E-state index contributed by atoms with van der Waals surface area (Å²) >= 11 is 0. The van der Waals surface area contributed by atoms with Gasteiger partial charge in [0.15, 0.2) is 0 Å². The molecule has 0 aliphatic heterocycles. The third-order valence-corrected chi connectivity index (χ3v) is 19.9. The Hall–Kier alpha value is -16.9. The van der Waals surface area contributed by atoms with Gasteiger partial charge in [0.25, 0.3) is 28.5 Å². The lowest BCUT2D eigenvalue weighted by Gasteiger charge is -2.16. The maximum atomic E-state index is 9.56. The first-order chi connectivity index (χ1) is 60.9. The Kier molecular flexibility index (Phi) is 35.5. The molecule has 0 saturated heterocycles. The van der Waals surface area contributed by atoms with E-state index in [0.29, 0.717) is 33.8 Å². The molecule has 0 amide bonds. The third-order valence-electron chi connectivity index (χ3n) is 19.9. The third kappa shape index (κ3) is 26.3. The van der Waals surface area contributed by atoms with Crippen molar-refractivity contribution in [2.24, 2.45) is 5.92 Å². The van der Waals surface area contributed by atoms with Crippen LogP contribution in [-0.2, 0) is 0 Å². The van der Waals surface area contributed by atoms with Crippen molar-refractivity contribution in [2.45, 2.75) is 93.3 Å². The van der Waals surface area contributed by atoms with Crippen LogP contribution >= 0.6 is 0 Å². The lowest BCUT2D eigenvalue weighted by molar-refractivity contribution is 0.233.